The van der Waals surface area contributed by atoms with Gasteiger partial charge in [-0.15, -0.1) is 69.6 Å². The fourth-order valence-corrected chi connectivity index (χ4v) is 2.94. The smallest absolute Gasteiger partial charge is 0.100 e. The largest absolute Gasteiger partial charge is 0.133 e. The number of benzene rings is 1. The molecule has 0 aromatic heterocycles. The first-order valence-electron chi connectivity index (χ1n) is 4.69. The second-order valence-corrected chi connectivity index (χ2v) is 6.58. The van der Waals surface area contributed by atoms with E-state index in [4.69, 9.17) is 69.6 Å². The van der Waals surface area contributed by atoms with Crippen LogP contribution in [0.1, 0.15) is 36.8 Å². The molecule has 0 heterocycles. The molecule has 0 saturated carbocycles. The second-order valence-electron chi connectivity index (χ2n) is 3.29. The van der Waals surface area contributed by atoms with Crippen molar-refractivity contribution in [2.24, 2.45) is 0 Å². The van der Waals surface area contributed by atoms with Crippen molar-refractivity contribution in [3.05, 3.63) is 41.3 Å². The lowest BCUT2D eigenvalue weighted by molar-refractivity contribution is 1.08. The topological polar surface area (TPSA) is 0 Å². The number of hydrogen-bond acceptors (Lipinski definition) is 0. The van der Waals surface area contributed by atoms with E-state index in [1.807, 2.05) is 0 Å². The predicted molar refractivity (Wildman–Crippen MR) is 78.8 cm³/mol. The zero-order chi connectivity index (χ0) is 13.2. The van der Waals surface area contributed by atoms with Gasteiger partial charge in [-0.1, -0.05) is 12.1 Å². The number of hydrogen-bond donors (Lipinski definition) is 0. The van der Waals surface area contributed by atoms with Crippen molar-refractivity contribution in [3.8, 4) is 0 Å². The second kappa shape index (κ2) is 6.93. The number of rotatable bonds is 4. The van der Waals surface area contributed by atoms with Gasteiger partial charge in [0.15, 0.2) is 0 Å². The van der Waals surface area contributed by atoms with Crippen LogP contribution >= 0.6 is 69.6 Å². The fourth-order valence-electron chi connectivity index (χ4n) is 1.63. The first-order chi connectivity index (χ1) is 7.90. The summed E-state index contributed by atoms with van der Waals surface area (Å²) in [5.74, 6) is 0. The van der Waals surface area contributed by atoms with E-state index in [1.165, 1.54) is 0 Å². The Kier molecular flexibility index (Phi) is 6.53. The van der Waals surface area contributed by atoms with Gasteiger partial charge in [0.05, 0.1) is 0 Å². The lowest BCUT2D eigenvalue weighted by Gasteiger charge is -2.19. The van der Waals surface area contributed by atoms with Gasteiger partial charge in [0.2, 0.25) is 0 Å². The molecule has 1 aromatic carbocycles. The van der Waals surface area contributed by atoms with Gasteiger partial charge in [-0.25, -0.2) is 0 Å². The van der Waals surface area contributed by atoms with Crippen molar-refractivity contribution in [1.82, 2.24) is 0 Å². The number of alkyl halides is 6. The third-order valence-electron chi connectivity index (χ3n) is 2.37. The molecule has 0 nitrogen and oxygen atoms in total. The first kappa shape index (κ1) is 16.0. The molecule has 1 radical (unpaired) electrons. The summed E-state index contributed by atoms with van der Waals surface area (Å²) >= 11 is 35.4. The van der Waals surface area contributed by atoms with E-state index >= 15 is 0 Å². The molecule has 1 rings (SSSR count). The molecule has 0 aliphatic rings. The standard InChI is InChI=1S/C11H9Cl6/c1-2-5-6(9(12)13)3-4-7(10(14)15)8(5)11(16)17/h3-4,9-11H,1-2H2. The minimum absolute atomic E-state index is 0.449. The van der Waals surface area contributed by atoms with Crippen LogP contribution < -0.4 is 0 Å². The average Bonchev–Trinajstić information content (AvgIpc) is 2.26. The van der Waals surface area contributed by atoms with Gasteiger partial charge < -0.3 is 0 Å². The Morgan fingerprint density at radius 1 is 0.824 bits per heavy atom. The van der Waals surface area contributed by atoms with Crippen LogP contribution in [0, 0.1) is 6.92 Å². The van der Waals surface area contributed by atoms with Gasteiger partial charge in [0.1, 0.15) is 14.5 Å². The Balaban J connectivity index is 3.50. The Morgan fingerprint density at radius 2 is 1.29 bits per heavy atom. The Morgan fingerprint density at radius 3 is 1.65 bits per heavy atom. The highest BCUT2D eigenvalue weighted by atomic mass is 35.5. The van der Waals surface area contributed by atoms with Gasteiger partial charge in [0, 0.05) is 0 Å². The lowest BCUT2D eigenvalue weighted by atomic mass is 9.96. The molecular formula is C11H9Cl6. The van der Waals surface area contributed by atoms with Crippen molar-refractivity contribution >= 4 is 69.6 Å². The van der Waals surface area contributed by atoms with Crippen LogP contribution in [0.25, 0.3) is 0 Å². The SMILES string of the molecule is [CH2]Cc1c(C(Cl)Cl)ccc(C(Cl)Cl)c1C(Cl)Cl. The van der Waals surface area contributed by atoms with E-state index in [0.717, 1.165) is 11.1 Å². The summed E-state index contributed by atoms with van der Waals surface area (Å²) in [6.07, 6.45) is 0.449. The van der Waals surface area contributed by atoms with E-state index in [1.54, 1.807) is 12.1 Å². The summed E-state index contributed by atoms with van der Waals surface area (Å²) in [6, 6.07) is 3.49. The summed E-state index contributed by atoms with van der Waals surface area (Å²) < 4.78 is 0. The highest BCUT2D eigenvalue weighted by Crippen LogP contribution is 2.42. The molecule has 0 fully saturated rings. The van der Waals surface area contributed by atoms with E-state index in [9.17, 15) is 0 Å². The van der Waals surface area contributed by atoms with Crippen LogP contribution in [0.15, 0.2) is 12.1 Å². The van der Waals surface area contributed by atoms with Crippen molar-refractivity contribution in [1.29, 1.82) is 0 Å². The van der Waals surface area contributed by atoms with Crippen molar-refractivity contribution in [2.75, 3.05) is 0 Å². The molecule has 0 aliphatic heterocycles. The van der Waals surface area contributed by atoms with E-state index < -0.39 is 14.5 Å². The third kappa shape index (κ3) is 3.72. The van der Waals surface area contributed by atoms with Gasteiger partial charge in [-0.05, 0) is 35.6 Å². The zero-order valence-electron chi connectivity index (χ0n) is 8.57. The summed E-state index contributed by atoms with van der Waals surface area (Å²) in [6.45, 7) is 3.82. The summed E-state index contributed by atoms with van der Waals surface area (Å²) in [7, 11) is 0. The highest BCUT2D eigenvalue weighted by Gasteiger charge is 2.22. The average molecular weight is 354 g/mol. The van der Waals surface area contributed by atoms with Crippen LogP contribution in [0.4, 0.5) is 0 Å². The Bertz CT molecular complexity index is 386. The molecule has 0 amide bonds. The van der Waals surface area contributed by atoms with Gasteiger partial charge in [-0.2, -0.15) is 0 Å². The quantitative estimate of drug-likeness (QED) is 0.542. The summed E-state index contributed by atoms with van der Waals surface area (Å²) in [4.78, 5) is -2.14. The van der Waals surface area contributed by atoms with E-state index in [-0.39, 0.29) is 0 Å². The molecule has 1 aromatic rings. The first-order valence-corrected chi connectivity index (χ1v) is 7.31. The van der Waals surface area contributed by atoms with Gasteiger partial charge >= 0.3 is 0 Å². The molecule has 0 saturated heterocycles. The van der Waals surface area contributed by atoms with Crippen LogP contribution in [0.2, 0.25) is 0 Å². The molecular weight excluding hydrogens is 345 g/mol. The molecule has 0 N–H and O–H groups in total. The van der Waals surface area contributed by atoms with Crippen LogP contribution in [0.5, 0.6) is 0 Å². The van der Waals surface area contributed by atoms with Gasteiger partial charge in [0.25, 0.3) is 0 Å². The lowest BCUT2D eigenvalue weighted by Crippen LogP contribution is -2.04. The molecule has 0 aliphatic carbocycles. The van der Waals surface area contributed by atoms with E-state index in [2.05, 4.69) is 6.92 Å². The molecule has 17 heavy (non-hydrogen) atoms. The highest BCUT2D eigenvalue weighted by molar-refractivity contribution is 6.46. The van der Waals surface area contributed by atoms with Crippen LogP contribution in [0.3, 0.4) is 0 Å². The monoisotopic (exact) mass is 351 g/mol. The minimum Gasteiger partial charge on any atom is -0.100 e. The Labute approximate surface area is 131 Å². The molecule has 0 bridgehead atoms. The summed E-state index contributed by atoms with van der Waals surface area (Å²) in [5, 5.41) is 0. The zero-order valence-corrected chi connectivity index (χ0v) is 13.1. The van der Waals surface area contributed by atoms with Crippen molar-refractivity contribution < 1.29 is 0 Å². The maximum Gasteiger partial charge on any atom is 0.133 e. The summed E-state index contributed by atoms with van der Waals surface area (Å²) in [5.41, 5.74) is 2.81. The third-order valence-corrected chi connectivity index (χ3v) is 3.74. The van der Waals surface area contributed by atoms with Crippen molar-refractivity contribution in [2.45, 2.75) is 20.9 Å². The van der Waals surface area contributed by atoms with Crippen LogP contribution in [-0.4, -0.2) is 0 Å². The molecule has 0 atom stereocenters. The maximum absolute atomic E-state index is 5.95. The molecule has 0 spiro atoms. The fraction of sp³-hybridized carbons (Fsp3) is 0.364. The minimum atomic E-state index is -0.756. The maximum atomic E-state index is 5.95. The Hall–Kier alpha value is 0.960. The van der Waals surface area contributed by atoms with Crippen molar-refractivity contribution in [3.63, 3.8) is 0 Å². The molecule has 95 valence electrons. The van der Waals surface area contributed by atoms with E-state index in [0.29, 0.717) is 17.5 Å². The predicted octanol–water partition coefficient (Wildman–Crippen LogP) is 6.49. The normalized spacial score (nSPS) is 11.9. The van der Waals surface area contributed by atoms with Gasteiger partial charge in [-0.3, -0.25) is 0 Å². The number of halogens is 6. The molecule has 0 unspecified atom stereocenters. The van der Waals surface area contributed by atoms with Crippen LogP contribution in [-0.2, 0) is 6.42 Å². The molecule has 6 heteroatoms.